The first kappa shape index (κ1) is 9.27. The summed E-state index contributed by atoms with van der Waals surface area (Å²) in [4.78, 5) is 1.84. The lowest BCUT2D eigenvalue weighted by molar-refractivity contribution is -0.170. The van der Waals surface area contributed by atoms with Gasteiger partial charge in [0, 0.05) is 13.1 Å². The fourth-order valence-corrected chi connectivity index (χ4v) is 1.73. The molecule has 0 amide bonds. The molecule has 0 spiro atoms. The molecule has 2 aliphatic rings. The van der Waals surface area contributed by atoms with Gasteiger partial charge in [-0.25, -0.2) is 0 Å². The molecule has 0 bridgehead atoms. The average molecular weight is 195 g/mol. The lowest BCUT2D eigenvalue weighted by Gasteiger charge is -2.16. The predicted octanol–water partition coefficient (Wildman–Crippen LogP) is 1.27. The summed E-state index contributed by atoms with van der Waals surface area (Å²) in [5, 5.41) is 0. The highest BCUT2D eigenvalue weighted by Crippen LogP contribution is 2.33. The van der Waals surface area contributed by atoms with Gasteiger partial charge in [0.1, 0.15) is 0 Å². The molecule has 2 aliphatic heterocycles. The summed E-state index contributed by atoms with van der Waals surface area (Å²) in [5.41, 5.74) is 0. The zero-order chi connectivity index (χ0) is 9.47. The van der Waals surface area contributed by atoms with Gasteiger partial charge in [-0.3, -0.25) is 0 Å². The van der Waals surface area contributed by atoms with Crippen molar-refractivity contribution in [3.8, 4) is 0 Å². The molecule has 1 unspecified atom stereocenters. The smallest absolute Gasteiger partial charge is 0.372 e. The number of alkyl halides is 3. The lowest BCUT2D eigenvalue weighted by atomic mass is 10.1. The third-order valence-corrected chi connectivity index (χ3v) is 2.60. The number of likely N-dealkylation sites (tertiary alicyclic amines) is 1. The summed E-state index contributed by atoms with van der Waals surface area (Å²) < 4.78 is 41.7. The molecule has 0 saturated carbocycles. The maximum Gasteiger partial charge on any atom is 0.393 e. The maximum absolute atomic E-state index is 12.2. The molecule has 76 valence electrons. The van der Waals surface area contributed by atoms with Gasteiger partial charge in [-0.15, -0.1) is 0 Å². The Morgan fingerprint density at radius 2 is 2.08 bits per heavy atom. The van der Waals surface area contributed by atoms with Gasteiger partial charge in [0.25, 0.3) is 0 Å². The average Bonchev–Trinajstić information content (AvgIpc) is 2.63. The van der Waals surface area contributed by atoms with E-state index in [-0.39, 0.29) is 19.1 Å². The van der Waals surface area contributed by atoms with E-state index < -0.39 is 12.1 Å². The molecule has 2 fully saturated rings. The Kier molecular flexibility index (Phi) is 2.23. The molecule has 13 heavy (non-hydrogen) atoms. The van der Waals surface area contributed by atoms with Crippen LogP contribution in [0.2, 0.25) is 0 Å². The molecule has 0 aromatic rings. The van der Waals surface area contributed by atoms with Crippen LogP contribution in [0.15, 0.2) is 0 Å². The van der Waals surface area contributed by atoms with Gasteiger partial charge >= 0.3 is 6.18 Å². The quantitative estimate of drug-likeness (QED) is 0.617. The van der Waals surface area contributed by atoms with E-state index in [0.29, 0.717) is 19.7 Å². The molecule has 0 aliphatic carbocycles. The van der Waals surface area contributed by atoms with Crippen molar-refractivity contribution in [1.29, 1.82) is 0 Å². The fourth-order valence-electron chi connectivity index (χ4n) is 1.73. The van der Waals surface area contributed by atoms with Crippen LogP contribution in [0, 0.1) is 5.92 Å². The van der Waals surface area contributed by atoms with Crippen molar-refractivity contribution in [2.45, 2.75) is 18.7 Å². The van der Waals surface area contributed by atoms with E-state index in [2.05, 4.69) is 0 Å². The topological polar surface area (TPSA) is 15.8 Å². The molecular weight excluding hydrogens is 183 g/mol. The van der Waals surface area contributed by atoms with Gasteiger partial charge in [-0.2, -0.15) is 13.2 Å². The monoisotopic (exact) mass is 195 g/mol. The molecule has 2 heterocycles. The van der Waals surface area contributed by atoms with E-state index in [1.807, 2.05) is 4.90 Å². The Morgan fingerprint density at radius 1 is 1.38 bits per heavy atom. The Labute approximate surface area is 74.7 Å². The first-order chi connectivity index (χ1) is 6.05. The van der Waals surface area contributed by atoms with Gasteiger partial charge in [0.15, 0.2) is 0 Å². The molecule has 0 aromatic heterocycles. The van der Waals surface area contributed by atoms with Crippen molar-refractivity contribution in [2.75, 3.05) is 26.2 Å². The zero-order valence-electron chi connectivity index (χ0n) is 7.18. The number of hydrogen-bond donors (Lipinski definition) is 0. The van der Waals surface area contributed by atoms with Gasteiger partial charge in [-0.05, 0) is 13.0 Å². The molecule has 2 atom stereocenters. The summed E-state index contributed by atoms with van der Waals surface area (Å²) in [6.07, 6.45) is -3.57. The van der Waals surface area contributed by atoms with Crippen LogP contribution in [0.25, 0.3) is 0 Å². The Hall–Kier alpha value is -0.290. The van der Waals surface area contributed by atoms with Crippen LogP contribution in [0.4, 0.5) is 13.2 Å². The first-order valence-electron chi connectivity index (χ1n) is 4.46. The molecule has 0 aromatic carbocycles. The summed E-state index contributed by atoms with van der Waals surface area (Å²) in [5.74, 6) is -1.12. The van der Waals surface area contributed by atoms with Crippen molar-refractivity contribution >= 4 is 0 Å². The molecule has 2 saturated heterocycles. The van der Waals surface area contributed by atoms with Crippen LogP contribution in [-0.2, 0) is 4.74 Å². The van der Waals surface area contributed by atoms with Crippen LogP contribution in [0.5, 0.6) is 0 Å². The second kappa shape index (κ2) is 3.13. The third kappa shape index (κ3) is 2.34. The summed E-state index contributed by atoms with van der Waals surface area (Å²) in [6, 6.07) is 0. The maximum atomic E-state index is 12.2. The van der Waals surface area contributed by atoms with Crippen LogP contribution >= 0.6 is 0 Å². The number of ether oxygens (including phenoxy) is 1. The minimum atomic E-state index is -4.01. The highest BCUT2D eigenvalue weighted by Gasteiger charge is 2.44. The Bertz CT molecular complexity index is 190. The summed E-state index contributed by atoms with van der Waals surface area (Å²) in [7, 11) is 0. The standard InChI is InChI=1S/C8H12F3NO/c9-8(10,11)6-1-2-12(3-6)4-7-5-13-7/h6-7H,1-5H2/t6?,7-/m0/s1. The van der Waals surface area contributed by atoms with Gasteiger partial charge < -0.3 is 9.64 Å². The largest absolute Gasteiger partial charge is 0.393 e. The molecule has 5 heteroatoms. The van der Waals surface area contributed by atoms with Crippen LogP contribution < -0.4 is 0 Å². The van der Waals surface area contributed by atoms with Crippen molar-refractivity contribution in [3.63, 3.8) is 0 Å². The van der Waals surface area contributed by atoms with Gasteiger partial charge in [-0.1, -0.05) is 0 Å². The van der Waals surface area contributed by atoms with E-state index in [9.17, 15) is 13.2 Å². The normalized spacial score (nSPS) is 35.3. The highest BCUT2D eigenvalue weighted by atomic mass is 19.4. The minimum Gasteiger partial charge on any atom is -0.372 e. The number of epoxide rings is 1. The number of hydrogen-bond acceptors (Lipinski definition) is 2. The summed E-state index contributed by atoms with van der Waals surface area (Å²) >= 11 is 0. The van der Waals surface area contributed by atoms with Crippen molar-refractivity contribution < 1.29 is 17.9 Å². The van der Waals surface area contributed by atoms with Crippen molar-refractivity contribution in [3.05, 3.63) is 0 Å². The number of nitrogens with zero attached hydrogens (tertiary/aromatic N) is 1. The van der Waals surface area contributed by atoms with Crippen molar-refractivity contribution in [1.82, 2.24) is 4.90 Å². The first-order valence-corrected chi connectivity index (χ1v) is 4.46. The zero-order valence-corrected chi connectivity index (χ0v) is 7.18. The second-order valence-corrected chi connectivity index (χ2v) is 3.74. The van der Waals surface area contributed by atoms with Crippen molar-refractivity contribution in [2.24, 2.45) is 5.92 Å². The molecular formula is C8H12F3NO. The minimum absolute atomic E-state index is 0.156. The predicted molar refractivity (Wildman–Crippen MR) is 40.3 cm³/mol. The van der Waals surface area contributed by atoms with Crippen LogP contribution in [-0.4, -0.2) is 43.4 Å². The Morgan fingerprint density at radius 3 is 2.54 bits per heavy atom. The molecule has 2 rings (SSSR count). The number of halogens is 3. The SMILES string of the molecule is FC(F)(F)C1CCN(C[C@H]2CO2)C1. The van der Waals surface area contributed by atoms with E-state index in [1.165, 1.54) is 0 Å². The van der Waals surface area contributed by atoms with E-state index in [0.717, 1.165) is 0 Å². The second-order valence-electron chi connectivity index (χ2n) is 3.74. The van der Waals surface area contributed by atoms with E-state index in [1.54, 1.807) is 0 Å². The highest BCUT2D eigenvalue weighted by molar-refractivity contribution is 4.84. The van der Waals surface area contributed by atoms with Gasteiger partial charge in [0.2, 0.25) is 0 Å². The molecule has 2 nitrogen and oxygen atoms in total. The van der Waals surface area contributed by atoms with Crippen LogP contribution in [0.1, 0.15) is 6.42 Å². The third-order valence-electron chi connectivity index (χ3n) is 2.60. The Balaban J connectivity index is 1.79. The fraction of sp³-hybridized carbons (Fsp3) is 1.00. The van der Waals surface area contributed by atoms with Crippen LogP contribution in [0.3, 0.4) is 0 Å². The lowest BCUT2D eigenvalue weighted by Crippen LogP contribution is -2.29. The molecule has 0 N–H and O–H groups in total. The summed E-state index contributed by atoms with van der Waals surface area (Å²) in [6.45, 7) is 2.10. The molecule has 0 radical (unpaired) electrons. The van der Waals surface area contributed by atoms with E-state index >= 15 is 0 Å². The van der Waals surface area contributed by atoms with Gasteiger partial charge in [0.05, 0.1) is 18.6 Å². The number of rotatable bonds is 2. The van der Waals surface area contributed by atoms with E-state index in [4.69, 9.17) is 4.74 Å².